The second-order valence-corrected chi connectivity index (χ2v) is 4.74. The van der Waals surface area contributed by atoms with Crippen LogP contribution < -0.4 is 0 Å². The number of nitrogens with zero attached hydrogens (tertiary/aromatic N) is 1. The van der Waals surface area contributed by atoms with Gasteiger partial charge in [-0.15, -0.1) is 0 Å². The van der Waals surface area contributed by atoms with E-state index >= 15 is 0 Å². The molecule has 13 heavy (non-hydrogen) atoms. The van der Waals surface area contributed by atoms with Crippen LogP contribution in [0.15, 0.2) is 0 Å². The number of hydrogen-bond acceptors (Lipinski definition) is 3. The molecule has 3 saturated heterocycles. The minimum Gasteiger partial charge on any atom is -0.391 e. The van der Waals surface area contributed by atoms with E-state index in [0.717, 1.165) is 18.6 Å². The first-order valence-corrected chi connectivity index (χ1v) is 5.99. The number of fused-ring (bicyclic) bond motifs is 3. The number of hydrogen-bond donors (Lipinski definition) is 2. The summed E-state index contributed by atoms with van der Waals surface area (Å²) >= 11 is 4.22. The van der Waals surface area contributed by atoms with E-state index in [1.807, 2.05) is 0 Å². The molecule has 0 aromatic heterocycles. The molecule has 0 aromatic carbocycles. The monoisotopic (exact) mass is 201 g/mol. The van der Waals surface area contributed by atoms with Crippen LogP contribution in [0.2, 0.25) is 0 Å². The van der Waals surface area contributed by atoms with E-state index in [4.69, 9.17) is 0 Å². The van der Waals surface area contributed by atoms with Crippen molar-refractivity contribution in [3.8, 4) is 0 Å². The van der Waals surface area contributed by atoms with Gasteiger partial charge in [0.1, 0.15) is 0 Å². The molecular weight excluding hydrogens is 182 g/mol. The minimum absolute atomic E-state index is 0.0533. The van der Waals surface area contributed by atoms with Gasteiger partial charge in [-0.2, -0.15) is 12.6 Å². The predicted octanol–water partition coefficient (Wildman–Crippen LogP) is 1.15. The Hall–Kier alpha value is 0.270. The molecule has 3 aliphatic heterocycles. The summed E-state index contributed by atoms with van der Waals surface area (Å²) in [5, 5.41) is 10.0. The number of piperidine rings is 3. The summed E-state index contributed by atoms with van der Waals surface area (Å²) < 4.78 is 0. The second-order valence-electron chi connectivity index (χ2n) is 4.30. The topological polar surface area (TPSA) is 23.5 Å². The molecule has 2 unspecified atom stereocenters. The molecule has 3 rings (SSSR count). The molecule has 0 saturated carbocycles. The summed E-state index contributed by atoms with van der Waals surface area (Å²) in [5.41, 5.74) is 0. The predicted molar refractivity (Wildman–Crippen MR) is 57.2 cm³/mol. The number of thiol groups is 1. The zero-order chi connectivity index (χ0) is 9.26. The van der Waals surface area contributed by atoms with Crippen LogP contribution in [0.25, 0.3) is 0 Å². The first-order chi connectivity index (χ1) is 6.33. The first-order valence-electron chi connectivity index (χ1n) is 5.36. The highest BCUT2D eigenvalue weighted by molar-refractivity contribution is 7.80. The maximum atomic E-state index is 10.0. The maximum absolute atomic E-state index is 10.0. The zero-order valence-electron chi connectivity index (χ0n) is 8.02. The van der Waals surface area contributed by atoms with Gasteiger partial charge in [-0.1, -0.05) is 0 Å². The van der Waals surface area contributed by atoms with E-state index in [9.17, 15) is 5.11 Å². The molecule has 3 fully saturated rings. The SMILES string of the molecule is OC1C2CCN(CC2)C1CCCS. The van der Waals surface area contributed by atoms with Crippen molar-refractivity contribution in [1.82, 2.24) is 4.90 Å². The molecule has 0 aliphatic carbocycles. The molecule has 2 bridgehead atoms. The van der Waals surface area contributed by atoms with Crippen LogP contribution in [0.1, 0.15) is 25.7 Å². The second kappa shape index (κ2) is 4.20. The lowest BCUT2D eigenvalue weighted by molar-refractivity contribution is -0.0746. The van der Waals surface area contributed by atoms with Crippen LogP contribution >= 0.6 is 12.6 Å². The summed E-state index contributed by atoms with van der Waals surface area (Å²) in [5.74, 6) is 1.54. The van der Waals surface area contributed by atoms with Crippen LogP contribution in [0, 0.1) is 5.92 Å². The third-order valence-electron chi connectivity index (χ3n) is 3.58. The average Bonchev–Trinajstić information content (AvgIpc) is 2.18. The lowest BCUT2D eigenvalue weighted by Crippen LogP contribution is -2.57. The van der Waals surface area contributed by atoms with Gasteiger partial charge < -0.3 is 5.11 Å². The fraction of sp³-hybridized carbons (Fsp3) is 1.00. The summed E-state index contributed by atoms with van der Waals surface area (Å²) in [6.45, 7) is 2.41. The Bertz CT molecular complexity index is 166. The van der Waals surface area contributed by atoms with Crippen LogP contribution in [0.5, 0.6) is 0 Å². The van der Waals surface area contributed by atoms with Crippen molar-refractivity contribution in [2.75, 3.05) is 18.8 Å². The molecular formula is C10H19NOS. The molecule has 3 heteroatoms. The van der Waals surface area contributed by atoms with Gasteiger partial charge >= 0.3 is 0 Å². The summed E-state index contributed by atoms with van der Waals surface area (Å²) in [4.78, 5) is 2.47. The summed E-state index contributed by atoms with van der Waals surface area (Å²) in [6.07, 6.45) is 4.62. The average molecular weight is 201 g/mol. The number of aliphatic hydroxyl groups is 1. The largest absolute Gasteiger partial charge is 0.391 e. The normalized spacial score (nSPS) is 43.8. The van der Waals surface area contributed by atoms with E-state index in [2.05, 4.69) is 17.5 Å². The lowest BCUT2D eigenvalue weighted by Gasteiger charge is -2.49. The van der Waals surface area contributed by atoms with E-state index in [1.54, 1.807) is 0 Å². The first kappa shape index (κ1) is 9.81. The Morgan fingerprint density at radius 2 is 2.00 bits per heavy atom. The molecule has 2 nitrogen and oxygen atoms in total. The van der Waals surface area contributed by atoms with Crippen LogP contribution in [0.4, 0.5) is 0 Å². The molecule has 2 atom stereocenters. The lowest BCUT2D eigenvalue weighted by atomic mass is 9.79. The smallest absolute Gasteiger partial charge is 0.0724 e. The molecule has 0 aromatic rings. The van der Waals surface area contributed by atoms with Crippen molar-refractivity contribution in [3.05, 3.63) is 0 Å². The van der Waals surface area contributed by atoms with Crippen molar-refractivity contribution < 1.29 is 5.11 Å². The van der Waals surface area contributed by atoms with Gasteiger partial charge in [0, 0.05) is 6.04 Å². The standard InChI is InChI=1S/C10H19NOS/c12-10-8-3-5-11(6-4-8)9(10)2-1-7-13/h8-10,12-13H,1-7H2. The van der Waals surface area contributed by atoms with Gasteiger partial charge in [0.2, 0.25) is 0 Å². The third-order valence-corrected chi connectivity index (χ3v) is 3.89. The van der Waals surface area contributed by atoms with Gasteiger partial charge in [0.25, 0.3) is 0 Å². The molecule has 1 N–H and O–H groups in total. The van der Waals surface area contributed by atoms with Crippen molar-refractivity contribution in [3.63, 3.8) is 0 Å². The highest BCUT2D eigenvalue weighted by Crippen LogP contribution is 2.34. The van der Waals surface area contributed by atoms with Gasteiger partial charge in [-0.3, -0.25) is 4.90 Å². The van der Waals surface area contributed by atoms with Crippen molar-refractivity contribution in [2.45, 2.75) is 37.8 Å². The van der Waals surface area contributed by atoms with E-state index in [-0.39, 0.29) is 6.10 Å². The number of aliphatic hydroxyl groups excluding tert-OH is 1. The zero-order valence-corrected chi connectivity index (χ0v) is 8.92. The molecule has 3 aliphatic rings. The Morgan fingerprint density at radius 1 is 1.31 bits per heavy atom. The summed E-state index contributed by atoms with van der Waals surface area (Å²) in [7, 11) is 0. The van der Waals surface area contributed by atoms with Crippen LogP contribution in [0.3, 0.4) is 0 Å². The third kappa shape index (κ3) is 1.88. The van der Waals surface area contributed by atoms with Crippen LogP contribution in [-0.2, 0) is 0 Å². The van der Waals surface area contributed by atoms with Gasteiger partial charge in [0.05, 0.1) is 6.10 Å². The molecule has 3 heterocycles. The van der Waals surface area contributed by atoms with Crippen molar-refractivity contribution in [1.29, 1.82) is 0 Å². The Morgan fingerprint density at radius 3 is 2.54 bits per heavy atom. The molecule has 0 amide bonds. The fourth-order valence-electron chi connectivity index (χ4n) is 2.78. The molecule has 0 spiro atoms. The van der Waals surface area contributed by atoms with Gasteiger partial charge in [-0.25, -0.2) is 0 Å². The van der Waals surface area contributed by atoms with Crippen LogP contribution in [-0.4, -0.2) is 41.0 Å². The van der Waals surface area contributed by atoms with Gasteiger partial charge in [-0.05, 0) is 50.4 Å². The van der Waals surface area contributed by atoms with E-state index < -0.39 is 0 Å². The Kier molecular flexibility index (Phi) is 3.17. The highest BCUT2D eigenvalue weighted by atomic mass is 32.1. The Labute approximate surface area is 85.7 Å². The highest BCUT2D eigenvalue weighted by Gasteiger charge is 2.40. The maximum Gasteiger partial charge on any atom is 0.0724 e. The summed E-state index contributed by atoms with van der Waals surface area (Å²) in [6, 6.07) is 0.444. The van der Waals surface area contributed by atoms with Gasteiger partial charge in [0.15, 0.2) is 0 Å². The minimum atomic E-state index is -0.0533. The van der Waals surface area contributed by atoms with Crippen molar-refractivity contribution >= 4 is 12.6 Å². The molecule has 76 valence electrons. The van der Waals surface area contributed by atoms with E-state index in [0.29, 0.717) is 12.0 Å². The molecule has 0 radical (unpaired) electrons. The quantitative estimate of drug-likeness (QED) is 0.669. The number of rotatable bonds is 3. The van der Waals surface area contributed by atoms with E-state index in [1.165, 1.54) is 25.9 Å². The fourth-order valence-corrected chi connectivity index (χ4v) is 2.96. The van der Waals surface area contributed by atoms with Crippen molar-refractivity contribution in [2.24, 2.45) is 5.92 Å². The Balaban J connectivity index is 1.93.